The van der Waals surface area contributed by atoms with E-state index in [-0.39, 0.29) is 17.9 Å². The zero-order valence-electron chi connectivity index (χ0n) is 24.4. The number of nitrogens with zero attached hydrogens (tertiary/aromatic N) is 2. The lowest BCUT2D eigenvalue weighted by atomic mass is 9.92. The summed E-state index contributed by atoms with van der Waals surface area (Å²) in [6.07, 6.45) is 6.53. The first-order valence-electron chi connectivity index (χ1n) is 14.7. The van der Waals surface area contributed by atoms with Crippen molar-refractivity contribution in [1.82, 2.24) is 15.1 Å². The average Bonchev–Trinajstić information content (AvgIpc) is 2.90. The van der Waals surface area contributed by atoms with Gasteiger partial charge in [0.2, 0.25) is 0 Å². The van der Waals surface area contributed by atoms with E-state index in [0.717, 1.165) is 54.9 Å². The van der Waals surface area contributed by atoms with Gasteiger partial charge in [-0.3, -0.25) is 9.59 Å². The van der Waals surface area contributed by atoms with Gasteiger partial charge in [-0.2, -0.15) is 0 Å². The highest BCUT2D eigenvalue weighted by Gasteiger charge is 2.40. The van der Waals surface area contributed by atoms with Gasteiger partial charge in [-0.25, -0.2) is 0 Å². The minimum absolute atomic E-state index is 0.0610. The summed E-state index contributed by atoms with van der Waals surface area (Å²) in [6.45, 7) is 13.0. The summed E-state index contributed by atoms with van der Waals surface area (Å²) in [5, 5.41) is 4.18. The van der Waals surface area contributed by atoms with E-state index < -0.39 is 0 Å². The molecule has 2 unspecified atom stereocenters. The Bertz CT molecular complexity index is 1170. The zero-order chi connectivity index (χ0) is 28.6. The van der Waals surface area contributed by atoms with Crippen molar-refractivity contribution in [3.8, 4) is 0 Å². The van der Waals surface area contributed by atoms with Crippen molar-refractivity contribution in [2.75, 3.05) is 26.2 Å². The molecule has 0 spiro atoms. The number of thioether (sulfide) groups is 1. The van der Waals surface area contributed by atoms with Gasteiger partial charge in [0.05, 0.1) is 4.91 Å². The van der Waals surface area contributed by atoms with Gasteiger partial charge < -0.3 is 15.1 Å². The molecule has 2 amide bonds. The minimum atomic E-state index is -0.0610. The Kier molecular flexibility index (Phi) is 11.2. The van der Waals surface area contributed by atoms with Crippen LogP contribution in [-0.4, -0.2) is 59.1 Å². The lowest BCUT2D eigenvalue weighted by Gasteiger charge is -2.44. The van der Waals surface area contributed by atoms with Crippen LogP contribution in [0.3, 0.4) is 0 Å². The third-order valence-corrected chi connectivity index (χ3v) is 9.12. The van der Waals surface area contributed by atoms with Gasteiger partial charge in [-0.1, -0.05) is 76.4 Å². The van der Waals surface area contributed by atoms with Crippen LogP contribution in [0.25, 0.3) is 6.08 Å². The van der Waals surface area contributed by atoms with Gasteiger partial charge in [-0.15, -0.1) is 11.8 Å². The van der Waals surface area contributed by atoms with Crippen LogP contribution < -0.4 is 5.32 Å². The summed E-state index contributed by atoms with van der Waals surface area (Å²) in [7, 11) is 0. The van der Waals surface area contributed by atoms with Crippen molar-refractivity contribution in [2.45, 2.75) is 71.2 Å². The lowest BCUT2D eigenvalue weighted by molar-refractivity contribution is -0.130. The van der Waals surface area contributed by atoms with Gasteiger partial charge in [-0.05, 0) is 66.1 Å². The molecule has 1 saturated heterocycles. The molecule has 0 bridgehead atoms. The molecule has 1 aliphatic carbocycles. The van der Waals surface area contributed by atoms with Crippen LogP contribution in [0.2, 0.25) is 5.02 Å². The quantitative estimate of drug-likeness (QED) is 0.287. The number of nitrogens with one attached hydrogen (secondary N) is 1. The number of carbonyl (C=O) groups is 2. The molecule has 7 heteroatoms. The van der Waals surface area contributed by atoms with Crippen LogP contribution in [0, 0.1) is 11.8 Å². The summed E-state index contributed by atoms with van der Waals surface area (Å²) in [5.41, 5.74) is 2.63. The SMILES string of the molecule is CC(C)CN(CCNC(=O)c1ccc(/C=C2/SC3CCCCC3N(Cc3cccc(Cl)c3)C2=O)cc1)CC(C)C. The van der Waals surface area contributed by atoms with Gasteiger partial charge in [0.15, 0.2) is 0 Å². The van der Waals surface area contributed by atoms with E-state index in [4.69, 9.17) is 11.6 Å². The molecule has 216 valence electrons. The fourth-order valence-corrected chi connectivity index (χ4v) is 7.48. The summed E-state index contributed by atoms with van der Waals surface area (Å²) in [4.78, 5) is 31.8. The highest BCUT2D eigenvalue weighted by molar-refractivity contribution is 8.04. The van der Waals surface area contributed by atoms with E-state index >= 15 is 0 Å². The van der Waals surface area contributed by atoms with Crippen LogP contribution >= 0.6 is 23.4 Å². The van der Waals surface area contributed by atoms with Crippen molar-refractivity contribution in [1.29, 1.82) is 0 Å². The lowest BCUT2D eigenvalue weighted by Crippen LogP contribution is -2.50. The minimum Gasteiger partial charge on any atom is -0.351 e. The van der Waals surface area contributed by atoms with Gasteiger partial charge in [0.25, 0.3) is 11.8 Å². The van der Waals surface area contributed by atoms with E-state index in [1.54, 1.807) is 11.8 Å². The van der Waals surface area contributed by atoms with Gasteiger partial charge in [0.1, 0.15) is 0 Å². The Labute approximate surface area is 249 Å². The van der Waals surface area contributed by atoms with E-state index in [9.17, 15) is 9.59 Å². The van der Waals surface area contributed by atoms with Gasteiger partial charge in [0, 0.05) is 54.6 Å². The third kappa shape index (κ3) is 8.61. The number of carbonyl (C=O) groups excluding carboxylic acids is 2. The van der Waals surface area contributed by atoms with E-state index in [1.165, 1.54) is 6.42 Å². The average molecular weight is 582 g/mol. The maximum Gasteiger partial charge on any atom is 0.260 e. The molecule has 40 heavy (non-hydrogen) atoms. The number of hydrogen-bond donors (Lipinski definition) is 1. The molecule has 0 aromatic heterocycles. The van der Waals surface area contributed by atoms with Crippen LogP contribution in [0.5, 0.6) is 0 Å². The van der Waals surface area contributed by atoms with Crippen LogP contribution in [0.15, 0.2) is 53.4 Å². The second-order valence-corrected chi connectivity index (χ2v) is 13.7. The van der Waals surface area contributed by atoms with E-state index in [2.05, 4.69) is 42.8 Å². The number of hydrogen-bond acceptors (Lipinski definition) is 4. The number of benzene rings is 2. The standard InChI is InChI=1S/C33H44ClN3O2S/c1-23(2)20-36(21-24(3)4)17-16-35-32(38)27-14-12-25(13-15-27)19-31-33(39)37(22-26-8-7-9-28(34)18-26)29-10-5-6-11-30(29)40-31/h7-9,12-15,18-19,23-24,29-30H,5-6,10-11,16-17,20-22H2,1-4H3,(H,35,38)/b31-19+. The van der Waals surface area contributed by atoms with Gasteiger partial charge >= 0.3 is 0 Å². The summed E-state index contributed by atoms with van der Waals surface area (Å²) in [5.74, 6) is 1.22. The molecular weight excluding hydrogens is 538 g/mol. The molecule has 2 fully saturated rings. The maximum atomic E-state index is 13.7. The summed E-state index contributed by atoms with van der Waals surface area (Å²) in [6, 6.07) is 15.6. The highest BCUT2D eigenvalue weighted by atomic mass is 35.5. The van der Waals surface area contributed by atoms with E-state index in [0.29, 0.717) is 40.8 Å². The number of halogens is 1. The summed E-state index contributed by atoms with van der Waals surface area (Å²) >= 11 is 7.96. The fraction of sp³-hybridized carbons (Fsp3) is 0.515. The molecule has 2 aromatic carbocycles. The molecule has 2 aromatic rings. The molecule has 1 N–H and O–H groups in total. The Hall–Kier alpha value is -2.28. The molecule has 1 aliphatic heterocycles. The second-order valence-electron chi connectivity index (χ2n) is 12.0. The van der Waals surface area contributed by atoms with E-state index in [1.807, 2.05) is 54.6 Å². The number of rotatable bonds is 11. The molecule has 2 atom stereocenters. The smallest absolute Gasteiger partial charge is 0.260 e. The number of amides is 2. The largest absolute Gasteiger partial charge is 0.351 e. The molecule has 1 heterocycles. The highest BCUT2D eigenvalue weighted by Crippen LogP contribution is 2.42. The van der Waals surface area contributed by atoms with Crippen molar-refractivity contribution in [3.05, 3.63) is 75.1 Å². The topological polar surface area (TPSA) is 52.7 Å². The molecule has 0 radical (unpaired) electrons. The second kappa shape index (κ2) is 14.6. The first-order chi connectivity index (χ1) is 19.2. The third-order valence-electron chi connectivity index (χ3n) is 7.49. The Morgan fingerprint density at radius 3 is 2.45 bits per heavy atom. The van der Waals surface area contributed by atoms with Crippen molar-refractivity contribution < 1.29 is 9.59 Å². The molecule has 5 nitrogen and oxygen atoms in total. The predicted octanol–water partition coefficient (Wildman–Crippen LogP) is 7.11. The van der Waals surface area contributed by atoms with Crippen molar-refractivity contribution >= 4 is 41.3 Å². The predicted molar refractivity (Wildman–Crippen MR) is 169 cm³/mol. The first kappa shape index (κ1) is 30.7. The zero-order valence-corrected chi connectivity index (χ0v) is 25.9. The monoisotopic (exact) mass is 581 g/mol. The Morgan fingerprint density at radius 2 is 1.77 bits per heavy atom. The number of fused-ring (bicyclic) bond motifs is 1. The maximum absolute atomic E-state index is 13.7. The molecule has 4 rings (SSSR count). The Balaban J connectivity index is 1.40. The fourth-order valence-electron chi connectivity index (χ4n) is 5.80. The van der Waals surface area contributed by atoms with Crippen LogP contribution in [0.4, 0.5) is 0 Å². The van der Waals surface area contributed by atoms with Crippen LogP contribution in [0.1, 0.15) is 74.9 Å². The summed E-state index contributed by atoms with van der Waals surface area (Å²) < 4.78 is 0. The molecular formula is C33H44ClN3O2S. The van der Waals surface area contributed by atoms with Crippen molar-refractivity contribution in [3.63, 3.8) is 0 Å². The van der Waals surface area contributed by atoms with Crippen molar-refractivity contribution in [2.24, 2.45) is 11.8 Å². The normalized spacial score (nSPS) is 20.4. The first-order valence-corrected chi connectivity index (χ1v) is 16.0. The van der Waals surface area contributed by atoms with Crippen LogP contribution in [-0.2, 0) is 11.3 Å². The Morgan fingerprint density at radius 1 is 1.07 bits per heavy atom. The molecule has 1 saturated carbocycles. The molecule has 2 aliphatic rings.